The summed E-state index contributed by atoms with van der Waals surface area (Å²) in [6.45, 7) is 5.41. The summed E-state index contributed by atoms with van der Waals surface area (Å²) in [5, 5.41) is 3.17. The van der Waals surface area contributed by atoms with Crippen LogP contribution in [0.4, 0.5) is 5.82 Å². The van der Waals surface area contributed by atoms with E-state index < -0.39 is 0 Å². The Hall–Kier alpha value is -1.62. The Kier molecular flexibility index (Phi) is 4.52. The summed E-state index contributed by atoms with van der Waals surface area (Å²) in [6, 6.07) is 1.81. The van der Waals surface area contributed by atoms with Crippen molar-refractivity contribution < 1.29 is 9.47 Å². The van der Waals surface area contributed by atoms with E-state index in [9.17, 15) is 0 Å². The third-order valence-electron chi connectivity index (χ3n) is 2.63. The zero-order valence-corrected chi connectivity index (χ0v) is 10.7. The fourth-order valence-corrected chi connectivity index (χ4v) is 1.54. The molecule has 1 aliphatic rings. The van der Waals surface area contributed by atoms with Gasteiger partial charge in [0.1, 0.15) is 18.2 Å². The largest absolute Gasteiger partial charge is 0.475 e. The van der Waals surface area contributed by atoms with Crippen LogP contribution in [-0.2, 0) is 4.74 Å². The smallest absolute Gasteiger partial charge is 0.218 e. The summed E-state index contributed by atoms with van der Waals surface area (Å²) in [4.78, 5) is 8.90. The first-order valence-electron chi connectivity index (χ1n) is 6.19. The maximum absolute atomic E-state index is 5.54. The summed E-state index contributed by atoms with van der Waals surface area (Å²) in [7, 11) is 1.65. The van der Waals surface area contributed by atoms with Crippen LogP contribution < -0.4 is 10.1 Å². The van der Waals surface area contributed by atoms with E-state index in [0.29, 0.717) is 31.6 Å². The third kappa shape index (κ3) is 3.70. The molecule has 1 heterocycles. The van der Waals surface area contributed by atoms with E-state index in [4.69, 9.17) is 9.47 Å². The SMILES string of the molecule is C=CCNc1cc(OCCOC)nc(C2CC2)n1. The molecular weight excluding hydrogens is 230 g/mol. The van der Waals surface area contributed by atoms with Crippen LogP contribution in [0.25, 0.3) is 0 Å². The molecule has 0 radical (unpaired) electrons. The average Bonchev–Trinajstić information content (AvgIpc) is 3.21. The van der Waals surface area contributed by atoms with Gasteiger partial charge in [-0.25, -0.2) is 4.98 Å². The number of hydrogen-bond acceptors (Lipinski definition) is 5. The molecule has 5 heteroatoms. The van der Waals surface area contributed by atoms with Crippen molar-refractivity contribution in [1.82, 2.24) is 9.97 Å². The first kappa shape index (κ1) is 12.8. The number of aromatic nitrogens is 2. The minimum atomic E-state index is 0.499. The van der Waals surface area contributed by atoms with E-state index in [-0.39, 0.29) is 0 Å². The third-order valence-corrected chi connectivity index (χ3v) is 2.63. The minimum absolute atomic E-state index is 0.499. The molecule has 1 aromatic heterocycles. The van der Waals surface area contributed by atoms with E-state index in [0.717, 1.165) is 11.6 Å². The van der Waals surface area contributed by atoms with Crippen LogP contribution in [0.5, 0.6) is 5.88 Å². The summed E-state index contributed by atoms with van der Waals surface area (Å²) in [6.07, 6.45) is 4.13. The van der Waals surface area contributed by atoms with Crippen molar-refractivity contribution >= 4 is 5.82 Å². The summed E-state index contributed by atoms with van der Waals surface area (Å²) < 4.78 is 10.5. The summed E-state index contributed by atoms with van der Waals surface area (Å²) in [5.74, 6) is 2.77. The van der Waals surface area contributed by atoms with Crippen molar-refractivity contribution in [2.24, 2.45) is 0 Å². The van der Waals surface area contributed by atoms with E-state index >= 15 is 0 Å². The van der Waals surface area contributed by atoms with Crippen LogP contribution in [0.2, 0.25) is 0 Å². The normalized spacial score (nSPS) is 14.3. The quantitative estimate of drug-likeness (QED) is 0.564. The van der Waals surface area contributed by atoms with Gasteiger partial charge in [0.25, 0.3) is 0 Å². The van der Waals surface area contributed by atoms with Gasteiger partial charge in [-0.3, -0.25) is 0 Å². The second-order valence-corrected chi connectivity index (χ2v) is 4.23. The predicted octanol–water partition coefficient (Wildman–Crippen LogP) is 1.98. The molecule has 1 fully saturated rings. The van der Waals surface area contributed by atoms with Gasteiger partial charge in [0.15, 0.2) is 0 Å². The monoisotopic (exact) mass is 249 g/mol. The lowest BCUT2D eigenvalue weighted by Crippen LogP contribution is -2.09. The van der Waals surface area contributed by atoms with Crippen LogP contribution in [-0.4, -0.2) is 36.8 Å². The van der Waals surface area contributed by atoms with Gasteiger partial charge in [-0.1, -0.05) is 6.08 Å². The molecule has 1 aromatic rings. The highest BCUT2D eigenvalue weighted by atomic mass is 16.5. The molecule has 1 saturated carbocycles. The number of methoxy groups -OCH3 is 1. The highest BCUT2D eigenvalue weighted by Crippen LogP contribution is 2.39. The lowest BCUT2D eigenvalue weighted by molar-refractivity contribution is 0.143. The molecule has 1 N–H and O–H groups in total. The highest BCUT2D eigenvalue weighted by molar-refractivity contribution is 5.39. The van der Waals surface area contributed by atoms with Crippen molar-refractivity contribution in [3.63, 3.8) is 0 Å². The Morgan fingerprint density at radius 1 is 1.44 bits per heavy atom. The van der Waals surface area contributed by atoms with Crippen LogP contribution in [0.15, 0.2) is 18.7 Å². The molecule has 0 bridgehead atoms. The maximum Gasteiger partial charge on any atom is 0.218 e. The predicted molar refractivity (Wildman–Crippen MR) is 70.1 cm³/mol. The number of rotatable bonds is 8. The molecule has 98 valence electrons. The average molecular weight is 249 g/mol. The molecule has 0 unspecified atom stereocenters. The summed E-state index contributed by atoms with van der Waals surface area (Å²) in [5.41, 5.74) is 0. The van der Waals surface area contributed by atoms with Crippen molar-refractivity contribution in [1.29, 1.82) is 0 Å². The zero-order valence-electron chi connectivity index (χ0n) is 10.7. The Labute approximate surface area is 107 Å². The Balaban J connectivity index is 2.06. The number of anilines is 1. The topological polar surface area (TPSA) is 56.3 Å². The fourth-order valence-electron chi connectivity index (χ4n) is 1.54. The first-order chi connectivity index (χ1) is 8.83. The Bertz CT molecular complexity index is 405. The number of nitrogens with one attached hydrogen (secondary N) is 1. The molecule has 0 aromatic carbocycles. The molecule has 0 amide bonds. The Morgan fingerprint density at radius 3 is 2.94 bits per heavy atom. The van der Waals surface area contributed by atoms with Crippen LogP contribution in [0, 0.1) is 0 Å². The van der Waals surface area contributed by atoms with Crippen molar-refractivity contribution in [3.8, 4) is 5.88 Å². The van der Waals surface area contributed by atoms with Crippen molar-refractivity contribution in [2.45, 2.75) is 18.8 Å². The molecule has 0 saturated heterocycles. The molecule has 1 aliphatic carbocycles. The van der Waals surface area contributed by atoms with Gasteiger partial charge in [-0.15, -0.1) is 6.58 Å². The lowest BCUT2D eigenvalue weighted by Gasteiger charge is -2.09. The second kappa shape index (κ2) is 6.35. The van der Waals surface area contributed by atoms with Gasteiger partial charge < -0.3 is 14.8 Å². The number of ether oxygens (including phenoxy) is 2. The fraction of sp³-hybridized carbons (Fsp3) is 0.538. The maximum atomic E-state index is 5.54. The number of nitrogens with zero attached hydrogens (tertiary/aromatic N) is 2. The molecule has 0 atom stereocenters. The standard InChI is InChI=1S/C13H19N3O2/c1-3-6-14-11-9-12(18-8-7-17-2)16-13(15-11)10-4-5-10/h3,9-10H,1,4-8H2,2H3,(H,14,15,16). The van der Waals surface area contributed by atoms with E-state index in [1.54, 1.807) is 13.2 Å². The van der Waals surface area contributed by atoms with E-state index in [2.05, 4.69) is 21.9 Å². The van der Waals surface area contributed by atoms with Gasteiger partial charge >= 0.3 is 0 Å². The minimum Gasteiger partial charge on any atom is -0.475 e. The molecule has 18 heavy (non-hydrogen) atoms. The molecule has 2 rings (SSSR count). The van der Waals surface area contributed by atoms with Crippen molar-refractivity contribution in [3.05, 3.63) is 24.5 Å². The van der Waals surface area contributed by atoms with Crippen LogP contribution >= 0.6 is 0 Å². The van der Waals surface area contributed by atoms with E-state index in [1.165, 1.54) is 12.8 Å². The van der Waals surface area contributed by atoms with Gasteiger partial charge in [0, 0.05) is 25.6 Å². The zero-order chi connectivity index (χ0) is 12.8. The number of hydrogen-bond donors (Lipinski definition) is 1. The van der Waals surface area contributed by atoms with Crippen molar-refractivity contribution in [2.75, 3.05) is 32.2 Å². The molecular formula is C13H19N3O2. The van der Waals surface area contributed by atoms with Gasteiger partial charge in [0.2, 0.25) is 5.88 Å². The van der Waals surface area contributed by atoms with Gasteiger partial charge in [-0.2, -0.15) is 4.98 Å². The molecule has 0 spiro atoms. The highest BCUT2D eigenvalue weighted by Gasteiger charge is 2.27. The van der Waals surface area contributed by atoms with E-state index in [1.807, 2.05) is 6.07 Å². The van der Waals surface area contributed by atoms with Gasteiger partial charge in [0.05, 0.1) is 6.61 Å². The Morgan fingerprint density at radius 2 is 2.28 bits per heavy atom. The molecule has 5 nitrogen and oxygen atoms in total. The second-order valence-electron chi connectivity index (χ2n) is 4.23. The first-order valence-corrected chi connectivity index (χ1v) is 6.19. The molecule has 0 aliphatic heterocycles. The summed E-state index contributed by atoms with van der Waals surface area (Å²) >= 11 is 0. The lowest BCUT2D eigenvalue weighted by atomic mass is 10.4. The van der Waals surface area contributed by atoms with Crippen LogP contribution in [0.1, 0.15) is 24.6 Å². The van der Waals surface area contributed by atoms with Crippen LogP contribution in [0.3, 0.4) is 0 Å². The van der Waals surface area contributed by atoms with Gasteiger partial charge in [-0.05, 0) is 12.8 Å².